The Labute approximate surface area is 298 Å². The molecular weight excluding hydrogens is 674 g/mol. The Hall–Kier alpha value is -4.81. The van der Waals surface area contributed by atoms with Gasteiger partial charge in [0.1, 0.15) is 35.6 Å². The highest BCUT2D eigenvalue weighted by atomic mass is 35.5. The Balaban J connectivity index is 1.07. The molecular formula is C38H35ClF2N8O2. The van der Waals surface area contributed by atoms with E-state index in [4.69, 9.17) is 21.3 Å². The molecule has 260 valence electrons. The van der Waals surface area contributed by atoms with Crippen LogP contribution in [0.3, 0.4) is 0 Å². The van der Waals surface area contributed by atoms with Gasteiger partial charge < -0.3 is 14.5 Å². The number of hydrogen-bond donors (Lipinski definition) is 0. The van der Waals surface area contributed by atoms with Gasteiger partial charge in [0.15, 0.2) is 5.82 Å². The lowest BCUT2D eigenvalue weighted by Gasteiger charge is -2.35. The second-order valence-electron chi connectivity index (χ2n) is 14.0. The number of nitrogens with zero attached hydrogens (tertiary/aromatic N) is 8. The molecule has 3 aromatic heterocycles. The van der Waals surface area contributed by atoms with Crippen molar-refractivity contribution in [3.63, 3.8) is 0 Å². The molecule has 0 bridgehead atoms. The van der Waals surface area contributed by atoms with Gasteiger partial charge >= 0.3 is 6.01 Å². The minimum Gasteiger partial charge on any atom is -0.461 e. The number of carbonyl (C=O) groups excluding carboxylic acids is 1. The van der Waals surface area contributed by atoms with Crippen LogP contribution in [-0.4, -0.2) is 97.2 Å². The van der Waals surface area contributed by atoms with Crippen molar-refractivity contribution < 1.29 is 18.3 Å². The second-order valence-corrected chi connectivity index (χ2v) is 14.4. The summed E-state index contributed by atoms with van der Waals surface area (Å²) in [7, 11) is 0. The normalized spacial score (nSPS) is 24.4. The Bertz CT molecular complexity index is 2230. The Kier molecular flexibility index (Phi) is 7.84. The summed E-state index contributed by atoms with van der Waals surface area (Å²) < 4.78 is 37.8. The maximum atomic E-state index is 16.9. The maximum absolute atomic E-state index is 16.9. The molecule has 9 rings (SSSR count). The molecule has 4 aliphatic rings. The molecule has 4 fully saturated rings. The lowest BCUT2D eigenvalue weighted by molar-refractivity contribution is -0.126. The molecule has 2 unspecified atom stereocenters. The van der Waals surface area contributed by atoms with Crippen LogP contribution in [0.25, 0.3) is 39.0 Å². The van der Waals surface area contributed by atoms with E-state index in [0.29, 0.717) is 64.7 Å². The number of halogens is 3. The molecule has 6 heterocycles. The summed E-state index contributed by atoms with van der Waals surface area (Å²) in [4.78, 5) is 42.1. The van der Waals surface area contributed by atoms with E-state index in [1.165, 1.54) is 0 Å². The summed E-state index contributed by atoms with van der Waals surface area (Å²) in [5.41, 5.74) is 1.00. The lowest BCUT2D eigenvalue weighted by atomic mass is 9.95. The van der Waals surface area contributed by atoms with Crippen molar-refractivity contribution in [2.24, 2.45) is 0 Å². The zero-order chi connectivity index (χ0) is 34.9. The summed E-state index contributed by atoms with van der Waals surface area (Å²) in [5, 5.41) is 2.51. The number of hydrogen-bond acceptors (Lipinski definition) is 9. The number of piperazine rings is 1. The molecule has 3 saturated heterocycles. The monoisotopic (exact) mass is 708 g/mol. The first kappa shape index (κ1) is 32.1. The zero-order valence-electron chi connectivity index (χ0n) is 28.0. The van der Waals surface area contributed by atoms with Crippen molar-refractivity contribution in [2.75, 3.05) is 37.7 Å². The summed E-state index contributed by atoms with van der Waals surface area (Å²) in [6, 6.07) is 12.9. The van der Waals surface area contributed by atoms with Crippen molar-refractivity contribution in [3.8, 4) is 17.3 Å². The van der Waals surface area contributed by atoms with Gasteiger partial charge in [-0.05, 0) is 56.3 Å². The topological polar surface area (TPSA) is 100 Å². The second kappa shape index (κ2) is 12.4. The van der Waals surface area contributed by atoms with E-state index in [1.54, 1.807) is 49.7 Å². The molecule has 0 spiro atoms. The van der Waals surface area contributed by atoms with Crippen LogP contribution in [0, 0.1) is 12.7 Å². The molecule has 10 nitrogen and oxygen atoms in total. The van der Waals surface area contributed by atoms with E-state index < -0.39 is 17.5 Å². The number of pyridine rings is 1. The number of carbonyl (C=O) groups is 1. The first-order chi connectivity index (χ1) is 24.8. The molecule has 51 heavy (non-hydrogen) atoms. The molecule has 0 N–H and O–H groups in total. The maximum Gasteiger partial charge on any atom is 0.319 e. The van der Waals surface area contributed by atoms with Gasteiger partial charge in [-0.1, -0.05) is 41.9 Å². The van der Waals surface area contributed by atoms with Gasteiger partial charge in [0.25, 0.3) is 0 Å². The van der Waals surface area contributed by atoms with Crippen LogP contribution in [0.2, 0.25) is 5.02 Å². The predicted octanol–water partition coefficient (Wildman–Crippen LogP) is 6.19. The Morgan fingerprint density at radius 1 is 1.08 bits per heavy atom. The highest BCUT2D eigenvalue weighted by Gasteiger charge is 2.52. The number of aromatic nitrogens is 5. The minimum atomic E-state index is -0.911. The van der Waals surface area contributed by atoms with Gasteiger partial charge in [0, 0.05) is 60.5 Å². The fourth-order valence-corrected chi connectivity index (χ4v) is 8.66. The number of aryl methyl sites for hydroxylation is 1. The molecule has 4 atom stereocenters. The van der Waals surface area contributed by atoms with Crippen molar-refractivity contribution in [3.05, 3.63) is 83.3 Å². The third kappa shape index (κ3) is 5.65. The van der Waals surface area contributed by atoms with E-state index in [-0.39, 0.29) is 41.8 Å². The largest absolute Gasteiger partial charge is 0.461 e. The summed E-state index contributed by atoms with van der Waals surface area (Å²) in [6.07, 6.45) is 8.56. The number of anilines is 1. The highest BCUT2D eigenvalue weighted by Crippen LogP contribution is 2.44. The third-order valence-electron chi connectivity index (χ3n) is 10.8. The number of fused-ring (bicyclic) bond motifs is 4. The number of ether oxygens (including phenoxy) is 1. The average Bonchev–Trinajstić information content (AvgIpc) is 3.75. The van der Waals surface area contributed by atoms with Crippen LogP contribution in [0.4, 0.5) is 14.6 Å². The summed E-state index contributed by atoms with van der Waals surface area (Å²) in [6.45, 7) is 4.16. The number of amides is 1. The van der Waals surface area contributed by atoms with Gasteiger partial charge in [-0.2, -0.15) is 9.97 Å². The van der Waals surface area contributed by atoms with Gasteiger partial charge in [-0.25, -0.2) is 18.7 Å². The summed E-state index contributed by atoms with van der Waals surface area (Å²) >= 11 is 6.63. The van der Waals surface area contributed by atoms with Gasteiger partial charge in [-0.15, -0.1) is 0 Å². The van der Waals surface area contributed by atoms with Crippen LogP contribution >= 0.6 is 11.6 Å². The molecule has 0 radical (unpaired) electrons. The number of benzene rings is 2. The zero-order valence-corrected chi connectivity index (χ0v) is 28.7. The SMILES string of the molecule is Cc1nccc(/C=C/C(=O)N2CCN(c3nc(OC[C@@]45CCCN4C[C@H](F)C5)nc4c(F)c(-c5cccc6cccc(Cl)c56)ncc34)C3CC32)n1. The van der Waals surface area contributed by atoms with E-state index in [2.05, 4.69) is 29.7 Å². The molecule has 13 heteroatoms. The quantitative estimate of drug-likeness (QED) is 0.183. The van der Waals surface area contributed by atoms with Crippen molar-refractivity contribution in [1.82, 2.24) is 34.7 Å². The first-order valence-corrected chi connectivity index (χ1v) is 17.8. The summed E-state index contributed by atoms with van der Waals surface area (Å²) in [5.74, 6) is 0.440. The first-order valence-electron chi connectivity index (χ1n) is 17.4. The fourth-order valence-electron chi connectivity index (χ4n) is 8.38. The van der Waals surface area contributed by atoms with Crippen molar-refractivity contribution in [2.45, 2.75) is 56.4 Å². The van der Waals surface area contributed by atoms with E-state index in [1.807, 2.05) is 29.2 Å². The van der Waals surface area contributed by atoms with Crippen LogP contribution in [0.15, 0.2) is 60.9 Å². The Morgan fingerprint density at radius 3 is 2.80 bits per heavy atom. The van der Waals surface area contributed by atoms with Crippen molar-refractivity contribution in [1.29, 1.82) is 0 Å². The van der Waals surface area contributed by atoms with Crippen LogP contribution in [-0.2, 0) is 4.79 Å². The number of rotatable bonds is 7. The van der Waals surface area contributed by atoms with E-state index in [9.17, 15) is 9.18 Å². The van der Waals surface area contributed by atoms with Crippen LogP contribution < -0.4 is 9.64 Å². The average molecular weight is 709 g/mol. The molecule has 2 aromatic carbocycles. The Morgan fingerprint density at radius 2 is 1.94 bits per heavy atom. The van der Waals surface area contributed by atoms with Gasteiger partial charge in [0.2, 0.25) is 5.91 Å². The van der Waals surface area contributed by atoms with Gasteiger partial charge in [0.05, 0.1) is 28.7 Å². The van der Waals surface area contributed by atoms with Crippen LogP contribution in [0.1, 0.15) is 37.2 Å². The predicted molar refractivity (Wildman–Crippen MR) is 191 cm³/mol. The van der Waals surface area contributed by atoms with Crippen LogP contribution in [0.5, 0.6) is 6.01 Å². The molecule has 5 aromatic rings. The standard InChI is InChI=1S/C38H35ClF2N8O2/c1-22-42-13-11-25(44-22)9-10-31(50)48-15-16-49(30-17-29(30)48)36-27-19-43-34(26-7-2-5-23-6-3-8-28(39)32(23)26)33(41)35(27)45-37(46-36)51-21-38-12-4-14-47(38)20-24(40)18-38/h2-3,5-11,13,19,24,29-30H,4,12,14-18,20-21H2,1H3/b10-9+/t24-,29?,30?,38+/m1/s1. The lowest BCUT2D eigenvalue weighted by Crippen LogP contribution is -2.48. The molecule has 3 aliphatic heterocycles. The molecule has 1 saturated carbocycles. The molecule has 1 aliphatic carbocycles. The molecule has 1 amide bonds. The third-order valence-corrected chi connectivity index (χ3v) is 11.2. The number of alkyl halides is 1. The fraction of sp³-hybridized carbons (Fsp3) is 0.368. The van der Waals surface area contributed by atoms with E-state index >= 15 is 4.39 Å². The van der Waals surface area contributed by atoms with Crippen molar-refractivity contribution >= 4 is 51.1 Å². The van der Waals surface area contributed by atoms with Gasteiger partial charge in [-0.3, -0.25) is 14.7 Å². The highest BCUT2D eigenvalue weighted by molar-refractivity contribution is 6.36. The minimum absolute atomic E-state index is 0.0194. The van der Waals surface area contributed by atoms with E-state index in [0.717, 1.165) is 31.2 Å². The smallest absolute Gasteiger partial charge is 0.319 e.